The fourth-order valence-corrected chi connectivity index (χ4v) is 2.84. The highest BCUT2D eigenvalue weighted by atomic mass is 16.5. The zero-order valence-corrected chi connectivity index (χ0v) is 16.1. The molecule has 0 aliphatic rings. The number of carbonyl (C=O) groups excluding carboxylic acids is 1. The van der Waals surface area contributed by atoms with E-state index < -0.39 is 17.5 Å². The quantitative estimate of drug-likeness (QED) is 0.702. The number of benzene rings is 1. The van der Waals surface area contributed by atoms with Crippen LogP contribution in [0.4, 0.5) is 11.4 Å². The molecule has 3 N–H and O–H groups in total. The van der Waals surface area contributed by atoms with Gasteiger partial charge in [-0.1, -0.05) is 0 Å². The van der Waals surface area contributed by atoms with Gasteiger partial charge in [-0.2, -0.15) is 5.10 Å². The van der Waals surface area contributed by atoms with Crippen LogP contribution in [-0.4, -0.2) is 22.8 Å². The lowest BCUT2D eigenvalue weighted by molar-refractivity contribution is -0.119. The van der Waals surface area contributed by atoms with Crippen molar-refractivity contribution in [1.29, 1.82) is 0 Å². The number of aromatic nitrogens is 2. The summed E-state index contributed by atoms with van der Waals surface area (Å²) in [4.78, 5) is 25.1. The van der Waals surface area contributed by atoms with Crippen LogP contribution < -0.4 is 21.3 Å². The summed E-state index contributed by atoms with van der Waals surface area (Å²) in [6.45, 7) is 5.21. The highest BCUT2D eigenvalue weighted by Crippen LogP contribution is 2.25. The van der Waals surface area contributed by atoms with Gasteiger partial charge in [0.25, 0.3) is 5.56 Å². The average molecular weight is 382 g/mol. The van der Waals surface area contributed by atoms with E-state index in [2.05, 4.69) is 10.4 Å². The molecule has 1 amide bonds. The molecule has 2 heterocycles. The maximum atomic E-state index is 12.6. The van der Waals surface area contributed by atoms with Crippen molar-refractivity contribution in [2.45, 2.75) is 26.8 Å². The Morgan fingerprint density at radius 1 is 1.25 bits per heavy atom. The second-order valence-corrected chi connectivity index (χ2v) is 6.46. The van der Waals surface area contributed by atoms with Gasteiger partial charge in [-0.25, -0.2) is 4.68 Å². The van der Waals surface area contributed by atoms with Gasteiger partial charge in [-0.3, -0.25) is 9.59 Å². The first kappa shape index (κ1) is 19.2. The van der Waals surface area contributed by atoms with E-state index >= 15 is 0 Å². The van der Waals surface area contributed by atoms with Crippen LogP contribution in [0, 0.1) is 13.8 Å². The maximum Gasteiger partial charge on any atom is 0.290 e. The van der Waals surface area contributed by atoms with Gasteiger partial charge in [0.2, 0.25) is 5.91 Å². The van der Waals surface area contributed by atoms with E-state index in [-0.39, 0.29) is 5.69 Å². The lowest BCUT2D eigenvalue weighted by Crippen LogP contribution is -2.34. The van der Waals surface area contributed by atoms with Crippen molar-refractivity contribution in [3.8, 4) is 17.0 Å². The molecule has 0 saturated carbocycles. The third-order valence-corrected chi connectivity index (χ3v) is 4.38. The van der Waals surface area contributed by atoms with Crippen LogP contribution in [0.15, 0.2) is 45.6 Å². The largest absolute Gasteiger partial charge is 0.497 e. The Balaban J connectivity index is 1.91. The lowest BCUT2D eigenvalue weighted by atomic mass is 10.1. The molecule has 1 atom stereocenters. The van der Waals surface area contributed by atoms with Crippen LogP contribution in [0.3, 0.4) is 0 Å². The molecule has 3 rings (SSSR count). The number of nitrogens with zero attached hydrogens (tertiary/aromatic N) is 2. The summed E-state index contributed by atoms with van der Waals surface area (Å²) in [5.41, 5.74) is 7.14. The maximum absolute atomic E-state index is 12.6. The monoisotopic (exact) mass is 382 g/mol. The molecule has 146 valence electrons. The van der Waals surface area contributed by atoms with Crippen molar-refractivity contribution < 1.29 is 13.9 Å². The molecule has 8 nitrogen and oxygen atoms in total. The zero-order chi connectivity index (χ0) is 20.4. The number of aryl methyl sites for hydroxylation is 2. The Hall–Kier alpha value is -3.55. The van der Waals surface area contributed by atoms with Gasteiger partial charge in [0.15, 0.2) is 0 Å². The Kier molecular flexibility index (Phi) is 5.21. The average Bonchev–Trinajstić information content (AvgIpc) is 3.02. The first-order valence-corrected chi connectivity index (χ1v) is 8.72. The number of amides is 1. The Bertz CT molecular complexity index is 1070. The number of hydrogen-bond acceptors (Lipinski definition) is 6. The molecule has 28 heavy (non-hydrogen) atoms. The molecule has 0 spiro atoms. The Morgan fingerprint density at radius 2 is 1.93 bits per heavy atom. The molecule has 0 unspecified atom stereocenters. The summed E-state index contributed by atoms with van der Waals surface area (Å²) in [5.74, 6) is 1.66. The Morgan fingerprint density at radius 3 is 2.50 bits per heavy atom. The van der Waals surface area contributed by atoms with Gasteiger partial charge in [0.1, 0.15) is 29.0 Å². The molecule has 8 heteroatoms. The second kappa shape index (κ2) is 7.59. The third kappa shape index (κ3) is 3.75. The minimum Gasteiger partial charge on any atom is -0.497 e. The van der Waals surface area contributed by atoms with E-state index in [9.17, 15) is 9.59 Å². The van der Waals surface area contributed by atoms with Crippen molar-refractivity contribution in [1.82, 2.24) is 9.78 Å². The van der Waals surface area contributed by atoms with Crippen molar-refractivity contribution >= 4 is 17.3 Å². The third-order valence-electron chi connectivity index (χ3n) is 4.38. The zero-order valence-electron chi connectivity index (χ0n) is 16.1. The topological polar surface area (TPSA) is 112 Å². The van der Waals surface area contributed by atoms with Crippen LogP contribution in [0.5, 0.6) is 5.75 Å². The molecule has 0 saturated heterocycles. The summed E-state index contributed by atoms with van der Waals surface area (Å²) >= 11 is 0. The van der Waals surface area contributed by atoms with E-state index in [1.807, 2.05) is 13.0 Å². The van der Waals surface area contributed by atoms with Gasteiger partial charge in [-0.05, 0) is 57.2 Å². The number of rotatable bonds is 5. The second-order valence-electron chi connectivity index (χ2n) is 6.46. The molecule has 2 aromatic heterocycles. The lowest BCUT2D eigenvalue weighted by Gasteiger charge is -2.16. The fraction of sp³-hybridized carbons (Fsp3) is 0.250. The SMILES string of the molecule is COc1ccc(NC(=O)[C@@H](C)n2nc(-c3cc(C)oc3C)cc(N)c2=O)cc1. The van der Waals surface area contributed by atoms with E-state index in [1.54, 1.807) is 45.2 Å². The molecular formula is C20H22N4O4. The van der Waals surface area contributed by atoms with Gasteiger partial charge >= 0.3 is 0 Å². The van der Waals surface area contributed by atoms with Crippen molar-refractivity contribution in [3.05, 3.63) is 58.3 Å². The first-order chi connectivity index (χ1) is 13.3. The van der Waals surface area contributed by atoms with Crippen LogP contribution in [0.1, 0.15) is 24.5 Å². The summed E-state index contributed by atoms with van der Waals surface area (Å²) in [6.07, 6.45) is 0. The fourth-order valence-electron chi connectivity index (χ4n) is 2.84. The number of hydrogen-bond donors (Lipinski definition) is 2. The summed E-state index contributed by atoms with van der Waals surface area (Å²) < 4.78 is 11.7. The number of nitrogen functional groups attached to an aromatic ring is 1. The van der Waals surface area contributed by atoms with Gasteiger partial charge in [0, 0.05) is 11.3 Å². The normalized spacial score (nSPS) is 11.9. The van der Waals surface area contributed by atoms with E-state index in [0.717, 1.165) is 16.0 Å². The minimum atomic E-state index is -0.870. The molecule has 0 radical (unpaired) electrons. The van der Waals surface area contributed by atoms with E-state index in [4.69, 9.17) is 14.9 Å². The molecule has 1 aromatic carbocycles. The van der Waals surface area contributed by atoms with E-state index in [1.165, 1.54) is 6.07 Å². The molecule has 0 aliphatic heterocycles. The summed E-state index contributed by atoms with van der Waals surface area (Å²) in [7, 11) is 1.56. The van der Waals surface area contributed by atoms with Crippen molar-refractivity contribution in [3.63, 3.8) is 0 Å². The number of methoxy groups -OCH3 is 1. The Labute approximate surface area is 161 Å². The smallest absolute Gasteiger partial charge is 0.290 e. The molecular weight excluding hydrogens is 360 g/mol. The van der Waals surface area contributed by atoms with Crippen LogP contribution in [0.2, 0.25) is 0 Å². The molecule has 3 aromatic rings. The number of nitrogens with two attached hydrogens (primary N) is 1. The number of ether oxygens (including phenoxy) is 1. The van der Waals surface area contributed by atoms with E-state index in [0.29, 0.717) is 22.9 Å². The highest BCUT2D eigenvalue weighted by molar-refractivity contribution is 5.93. The first-order valence-electron chi connectivity index (χ1n) is 8.72. The van der Waals surface area contributed by atoms with Crippen molar-refractivity contribution in [2.24, 2.45) is 0 Å². The van der Waals surface area contributed by atoms with Gasteiger partial charge in [0.05, 0.1) is 12.8 Å². The minimum absolute atomic E-state index is 0.00681. The van der Waals surface area contributed by atoms with Crippen LogP contribution in [0.25, 0.3) is 11.3 Å². The van der Waals surface area contributed by atoms with Gasteiger partial charge < -0.3 is 20.2 Å². The summed E-state index contributed by atoms with van der Waals surface area (Å²) in [5, 5.41) is 7.11. The number of carbonyl (C=O) groups is 1. The number of furan rings is 1. The molecule has 0 fully saturated rings. The molecule has 0 bridgehead atoms. The highest BCUT2D eigenvalue weighted by Gasteiger charge is 2.21. The predicted molar refractivity (Wildman–Crippen MR) is 106 cm³/mol. The predicted octanol–water partition coefficient (Wildman–Crippen LogP) is 2.91. The standard InChI is InChI=1S/C20H22N4O4/c1-11-9-16(13(3)28-11)18-10-17(21)20(26)24(23-18)12(2)19(25)22-14-5-7-15(27-4)8-6-14/h5-10,12H,21H2,1-4H3,(H,22,25)/t12-/m1/s1. The summed E-state index contributed by atoms with van der Waals surface area (Å²) in [6, 6.07) is 9.31. The van der Waals surface area contributed by atoms with Crippen LogP contribution in [-0.2, 0) is 4.79 Å². The number of nitrogens with one attached hydrogen (secondary N) is 1. The van der Waals surface area contributed by atoms with Crippen molar-refractivity contribution in [2.75, 3.05) is 18.2 Å². The van der Waals surface area contributed by atoms with Gasteiger partial charge in [-0.15, -0.1) is 0 Å². The van der Waals surface area contributed by atoms with Crippen LogP contribution >= 0.6 is 0 Å². The molecule has 0 aliphatic carbocycles. The number of anilines is 2.